The largest absolute Gasteiger partial charge is 0.377 e. The number of carbonyl (C=O) groups excluding carboxylic acids is 1. The molecule has 0 bridgehead atoms. The van der Waals surface area contributed by atoms with E-state index in [4.69, 9.17) is 10.00 Å². The van der Waals surface area contributed by atoms with Crippen molar-refractivity contribution in [3.05, 3.63) is 29.1 Å². The van der Waals surface area contributed by atoms with E-state index in [1.807, 2.05) is 27.1 Å². The molecular weight excluding hydrogens is 280 g/mol. The Bertz CT molecular complexity index is 537. The van der Waals surface area contributed by atoms with Crippen LogP contribution in [0.2, 0.25) is 0 Å². The second-order valence-electron chi connectivity index (χ2n) is 5.32. The molecule has 1 aromatic rings. The van der Waals surface area contributed by atoms with Crippen molar-refractivity contribution < 1.29 is 9.53 Å². The van der Waals surface area contributed by atoms with Crippen LogP contribution in [0.3, 0.4) is 0 Å². The summed E-state index contributed by atoms with van der Waals surface area (Å²) in [4.78, 5) is 18.4. The van der Waals surface area contributed by atoms with Gasteiger partial charge in [-0.3, -0.25) is 4.79 Å². The summed E-state index contributed by atoms with van der Waals surface area (Å²) in [7, 11) is 4.01. The van der Waals surface area contributed by atoms with Crippen LogP contribution in [-0.2, 0) is 4.74 Å². The molecule has 0 unspecified atom stereocenters. The third-order valence-electron chi connectivity index (χ3n) is 3.23. The van der Waals surface area contributed by atoms with Gasteiger partial charge in [-0.2, -0.15) is 5.26 Å². The maximum Gasteiger partial charge on any atom is 0.269 e. The lowest BCUT2D eigenvalue weighted by atomic mass is 10.2. The molecule has 1 rings (SSSR count). The molecule has 0 aliphatic carbocycles. The molecular formula is C16H24N4O2. The molecule has 0 radical (unpaired) electrons. The van der Waals surface area contributed by atoms with Gasteiger partial charge in [0.2, 0.25) is 0 Å². The maximum atomic E-state index is 12.1. The van der Waals surface area contributed by atoms with E-state index in [1.54, 1.807) is 19.1 Å². The summed E-state index contributed by atoms with van der Waals surface area (Å²) in [6, 6.07) is 5.22. The summed E-state index contributed by atoms with van der Waals surface area (Å²) in [6.07, 6.45) is 0.830. The number of aryl methyl sites for hydroxylation is 1. The van der Waals surface area contributed by atoms with Gasteiger partial charge in [0.05, 0.1) is 17.4 Å². The van der Waals surface area contributed by atoms with Crippen molar-refractivity contribution in [1.82, 2.24) is 15.2 Å². The first-order chi connectivity index (χ1) is 10.5. The summed E-state index contributed by atoms with van der Waals surface area (Å²) in [5, 5.41) is 11.7. The highest BCUT2D eigenvalue weighted by Gasteiger charge is 2.13. The molecule has 1 amide bonds. The molecule has 22 heavy (non-hydrogen) atoms. The van der Waals surface area contributed by atoms with Crippen molar-refractivity contribution in [2.45, 2.75) is 26.4 Å². The highest BCUT2D eigenvalue weighted by atomic mass is 16.5. The van der Waals surface area contributed by atoms with Gasteiger partial charge in [-0.1, -0.05) is 0 Å². The number of hydrogen-bond acceptors (Lipinski definition) is 5. The lowest BCUT2D eigenvalue weighted by Gasteiger charge is -2.19. The quantitative estimate of drug-likeness (QED) is 0.784. The van der Waals surface area contributed by atoms with Gasteiger partial charge >= 0.3 is 0 Å². The van der Waals surface area contributed by atoms with Crippen LogP contribution < -0.4 is 5.32 Å². The standard InChI is InChI=1S/C16H24N4O2/c1-5-22-14(8-9-20(3)4)11-18-16(21)15-7-6-13(10-17)12(2)19-15/h6-7,14H,5,8-9,11H2,1-4H3,(H,18,21)/t14-/m1/s1. The zero-order valence-corrected chi connectivity index (χ0v) is 13.7. The number of amides is 1. The molecule has 120 valence electrons. The second-order valence-corrected chi connectivity index (χ2v) is 5.32. The molecule has 0 fully saturated rings. The first-order valence-electron chi connectivity index (χ1n) is 7.40. The number of hydrogen-bond donors (Lipinski definition) is 1. The van der Waals surface area contributed by atoms with Crippen LogP contribution in [0.15, 0.2) is 12.1 Å². The third-order valence-corrected chi connectivity index (χ3v) is 3.23. The predicted molar refractivity (Wildman–Crippen MR) is 84.6 cm³/mol. The molecule has 0 aromatic carbocycles. The van der Waals surface area contributed by atoms with E-state index in [0.29, 0.717) is 30.1 Å². The molecule has 6 nitrogen and oxygen atoms in total. The zero-order chi connectivity index (χ0) is 16.5. The van der Waals surface area contributed by atoms with Crippen LogP contribution in [-0.4, -0.2) is 55.7 Å². The fraction of sp³-hybridized carbons (Fsp3) is 0.562. The molecule has 6 heteroatoms. The van der Waals surface area contributed by atoms with E-state index < -0.39 is 0 Å². The summed E-state index contributed by atoms with van der Waals surface area (Å²) in [5.74, 6) is -0.248. The Labute approximate surface area is 132 Å². The van der Waals surface area contributed by atoms with Gasteiger partial charge in [-0.15, -0.1) is 0 Å². The number of ether oxygens (including phenoxy) is 1. The van der Waals surface area contributed by atoms with Crippen LogP contribution in [0.5, 0.6) is 0 Å². The second kappa shape index (κ2) is 9.13. The Kier molecular flexibility index (Phi) is 7.50. The molecule has 0 saturated carbocycles. The molecule has 1 N–H and O–H groups in total. The van der Waals surface area contributed by atoms with Gasteiger partial charge in [0.1, 0.15) is 11.8 Å². The number of nitriles is 1. The summed E-state index contributed by atoms with van der Waals surface area (Å²) in [5.41, 5.74) is 1.36. The maximum absolute atomic E-state index is 12.1. The summed E-state index contributed by atoms with van der Waals surface area (Å²) >= 11 is 0. The molecule has 0 spiro atoms. The van der Waals surface area contributed by atoms with Gasteiger partial charge in [0.25, 0.3) is 5.91 Å². The Morgan fingerprint density at radius 3 is 2.77 bits per heavy atom. The Balaban J connectivity index is 2.59. The van der Waals surface area contributed by atoms with Crippen LogP contribution in [0.1, 0.15) is 35.1 Å². The number of rotatable bonds is 8. The minimum atomic E-state index is -0.248. The third kappa shape index (κ3) is 5.80. The fourth-order valence-corrected chi connectivity index (χ4v) is 1.98. The molecule has 0 aliphatic heterocycles. The Hall–Kier alpha value is -1.97. The van der Waals surface area contributed by atoms with Crippen molar-refractivity contribution in [1.29, 1.82) is 5.26 Å². The molecule has 1 aromatic heterocycles. The Morgan fingerprint density at radius 1 is 1.50 bits per heavy atom. The van der Waals surface area contributed by atoms with Gasteiger partial charge in [-0.05, 0) is 46.5 Å². The van der Waals surface area contributed by atoms with E-state index in [9.17, 15) is 4.79 Å². The highest BCUT2D eigenvalue weighted by Crippen LogP contribution is 2.06. The number of aromatic nitrogens is 1. The van der Waals surface area contributed by atoms with Crippen molar-refractivity contribution in [2.24, 2.45) is 0 Å². The summed E-state index contributed by atoms with van der Waals surface area (Å²) < 4.78 is 5.63. The lowest BCUT2D eigenvalue weighted by Crippen LogP contribution is -2.36. The van der Waals surface area contributed by atoms with Crippen molar-refractivity contribution in [3.63, 3.8) is 0 Å². The Morgan fingerprint density at radius 2 is 2.23 bits per heavy atom. The first-order valence-corrected chi connectivity index (χ1v) is 7.40. The molecule has 0 saturated heterocycles. The molecule has 1 heterocycles. The number of nitrogens with one attached hydrogen (secondary N) is 1. The lowest BCUT2D eigenvalue weighted by molar-refractivity contribution is 0.0495. The van der Waals surface area contributed by atoms with Gasteiger partial charge in [0.15, 0.2) is 0 Å². The van der Waals surface area contributed by atoms with Gasteiger partial charge in [0, 0.05) is 19.7 Å². The number of pyridine rings is 1. The van der Waals surface area contributed by atoms with E-state index in [0.717, 1.165) is 13.0 Å². The topological polar surface area (TPSA) is 78.2 Å². The van der Waals surface area contributed by atoms with Crippen molar-refractivity contribution in [3.8, 4) is 6.07 Å². The minimum Gasteiger partial charge on any atom is -0.377 e. The molecule has 0 aliphatic rings. The fourth-order valence-electron chi connectivity index (χ4n) is 1.98. The van der Waals surface area contributed by atoms with Crippen LogP contribution in [0.4, 0.5) is 0 Å². The normalized spacial score (nSPS) is 12.0. The average molecular weight is 304 g/mol. The molecule has 1 atom stereocenters. The van der Waals surface area contributed by atoms with E-state index in [1.165, 1.54) is 0 Å². The summed E-state index contributed by atoms with van der Waals surface area (Å²) in [6.45, 7) is 5.61. The van der Waals surface area contributed by atoms with Crippen LogP contribution in [0.25, 0.3) is 0 Å². The van der Waals surface area contributed by atoms with Crippen molar-refractivity contribution in [2.75, 3.05) is 33.8 Å². The van der Waals surface area contributed by atoms with Crippen LogP contribution >= 0.6 is 0 Å². The predicted octanol–water partition coefficient (Wildman–Crippen LogP) is 1.35. The number of carbonyl (C=O) groups is 1. The van der Waals surface area contributed by atoms with Gasteiger partial charge in [-0.25, -0.2) is 4.98 Å². The smallest absolute Gasteiger partial charge is 0.269 e. The zero-order valence-electron chi connectivity index (χ0n) is 13.7. The van der Waals surface area contributed by atoms with Crippen LogP contribution in [0, 0.1) is 18.3 Å². The highest BCUT2D eigenvalue weighted by molar-refractivity contribution is 5.92. The van der Waals surface area contributed by atoms with Crippen molar-refractivity contribution >= 4 is 5.91 Å². The first kappa shape index (κ1) is 18.1. The van der Waals surface area contributed by atoms with E-state index >= 15 is 0 Å². The average Bonchev–Trinajstić information content (AvgIpc) is 2.49. The van der Waals surface area contributed by atoms with Gasteiger partial charge < -0.3 is 15.0 Å². The van der Waals surface area contributed by atoms with E-state index in [-0.39, 0.29) is 12.0 Å². The number of nitrogens with zero attached hydrogens (tertiary/aromatic N) is 3. The SMILES string of the molecule is CCO[C@H](CCN(C)C)CNC(=O)c1ccc(C#N)c(C)n1. The van der Waals surface area contributed by atoms with E-state index in [2.05, 4.69) is 15.2 Å². The monoisotopic (exact) mass is 304 g/mol. The minimum absolute atomic E-state index is 0.0178.